The first-order chi connectivity index (χ1) is 16.5. The molecule has 0 fully saturated rings. The lowest BCUT2D eigenvalue weighted by Gasteiger charge is -2.10. The highest BCUT2D eigenvalue weighted by molar-refractivity contribution is 7.71. The molecule has 0 aliphatic carbocycles. The van der Waals surface area contributed by atoms with Gasteiger partial charge in [0.15, 0.2) is 5.82 Å². The summed E-state index contributed by atoms with van der Waals surface area (Å²) in [6.07, 6.45) is 3.68. The highest BCUT2D eigenvalue weighted by atomic mass is 32.1. The van der Waals surface area contributed by atoms with Crippen molar-refractivity contribution in [1.82, 2.24) is 19.1 Å². The van der Waals surface area contributed by atoms with E-state index in [0.29, 0.717) is 34.2 Å². The van der Waals surface area contributed by atoms with Crippen molar-refractivity contribution in [2.24, 2.45) is 0 Å². The Morgan fingerprint density at radius 2 is 1.74 bits per heavy atom. The smallest absolute Gasteiger partial charge is 0.338 e. The molecule has 2 aromatic heterocycles. The molecule has 0 atom stereocenters. The van der Waals surface area contributed by atoms with E-state index in [0.717, 1.165) is 5.56 Å². The van der Waals surface area contributed by atoms with E-state index in [1.165, 1.54) is 4.68 Å². The van der Waals surface area contributed by atoms with Crippen molar-refractivity contribution in [3.05, 3.63) is 83.4 Å². The van der Waals surface area contributed by atoms with Gasteiger partial charge in [0.1, 0.15) is 12.3 Å². The Morgan fingerprint density at radius 3 is 2.41 bits per heavy atom. The van der Waals surface area contributed by atoms with Crippen LogP contribution in [-0.2, 0) is 16.1 Å². The summed E-state index contributed by atoms with van der Waals surface area (Å²) in [4.78, 5) is 24.6. The third kappa shape index (κ3) is 4.76. The van der Waals surface area contributed by atoms with E-state index in [4.69, 9.17) is 21.7 Å². The van der Waals surface area contributed by atoms with Gasteiger partial charge in [0.25, 0.3) is 0 Å². The van der Waals surface area contributed by atoms with Gasteiger partial charge < -0.3 is 14.8 Å². The zero-order valence-corrected chi connectivity index (χ0v) is 19.5. The number of nitrogens with one attached hydrogen (secondary N) is 1. The van der Waals surface area contributed by atoms with Crippen molar-refractivity contribution >= 4 is 29.8 Å². The lowest BCUT2D eigenvalue weighted by Crippen LogP contribution is -2.20. The van der Waals surface area contributed by atoms with E-state index in [1.54, 1.807) is 47.7 Å². The fourth-order valence-electron chi connectivity index (χ4n) is 3.41. The molecule has 174 valence electrons. The van der Waals surface area contributed by atoms with Crippen LogP contribution in [0.15, 0.2) is 73.1 Å². The molecular weight excluding hydrogens is 454 g/mol. The van der Waals surface area contributed by atoms with Gasteiger partial charge >= 0.3 is 5.97 Å². The highest BCUT2D eigenvalue weighted by Gasteiger charge is 2.19. The number of nitrogens with zero attached hydrogens (tertiary/aromatic N) is 4. The molecule has 0 saturated carbocycles. The molecule has 1 amide bonds. The quantitative estimate of drug-likeness (QED) is 0.304. The molecule has 4 aromatic rings. The van der Waals surface area contributed by atoms with Gasteiger partial charge in [-0.1, -0.05) is 12.1 Å². The standard InChI is InChI=1S/C24H23N5O4S/c1-3-33-23(31)17-10-12-18(13-11-17)25-21(30)16-28-24(34)29(27-14-6-7-15-27)22(26-28)19-8-4-5-9-20(19)32-2/h4-15H,3,16H2,1-2H3,(H,25,30). The lowest BCUT2D eigenvalue weighted by molar-refractivity contribution is -0.116. The summed E-state index contributed by atoms with van der Waals surface area (Å²) in [5.41, 5.74) is 1.69. The molecule has 2 aromatic carbocycles. The second-order valence-electron chi connectivity index (χ2n) is 7.18. The van der Waals surface area contributed by atoms with Crippen molar-refractivity contribution in [3.63, 3.8) is 0 Å². The van der Waals surface area contributed by atoms with Crippen molar-refractivity contribution in [3.8, 4) is 17.1 Å². The molecule has 0 aliphatic heterocycles. The second kappa shape index (κ2) is 10.2. The molecule has 2 heterocycles. The number of carbonyl (C=O) groups excluding carboxylic acids is 2. The minimum absolute atomic E-state index is 0.102. The Morgan fingerprint density at radius 1 is 1.03 bits per heavy atom. The molecule has 0 saturated heterocycles. The first-order valence-electron chi connectivity index (χ1n) is 10.6. The fourth-order valence-corrected chi connectivity index (χ4v) is 3.69. The van der Waals surface area contributed by atoms with Gasteiger partial charge in [-0.25, -0.2) is 14.2 Å². The molecule has 34 heavy (non-hydrogen) atoms. The zero-order chi connectivity index (χ0) is 24.1. The Kier molecular flexibility index (Phi) is 6.88. The van der Waals surface area contributed by atoms with Crippen LogP contribution in [0.4, 0.5) is 5.69 Å². The van der Waals surface area contributed by atoms with Crippen LogP contribution >= 0.6 is 12.2 Å². The number of methoxy groups -OCH3 is 1. The van der Waals surface area contributed by atoms with Crippen LogP contribution in [0.3, 0.4) is 0 Å². The summed E-state index contributed by atoms with van der Waals surface area (Å²) in [6.45, 7) is 1.94. The highest BCUT2D eigenvalue weighted by Crippen LogP contribution is 2.29. The summed E-state index contributed by atoms with van der Waals surface area (Å²) in [7, 11) is 1.59. The molecule has 4 rings (SSSR count). The summed E-state index contributed by atoms with van der Waals surface area (Å²) in [6, 6.07) is 17.7. The molecule has 0 bridgehead atoms. The fraction of sp³-hybridized carbons (Fsp3) is 0.167. The van der Waals surface area contributed by atoms with E-state index < -0.39 is 5.97 Å². The number of rotatable bonds is 8. The number of carbonyl (C=O) groups is 2. The average molecular weight is 478 g/mol. The third-order valence-electron chi connectivity index (χ3n) is 4.96. The summed E-state index contributed by atoms with van der Waals surface area (Å²) in [5.74, 6) is 0.439. The predicted octanol–water partition coefficient (Wildman–Crippen LogP) is 4.02. The SMILES string of the molecule is CCOC(=O)c1ccc(NC(=O)Cn2nc(-c3ccccc3OC)n(-n3cccc3)c2=S)cc1. The lowest BCUT2D eigenvalue weighted by atomic mass is 10.2. The number of para-hydroxylation sites is 1. The number of hydrogen-bond donors (Lipinski definition) is 1. The van der Waals surface area contributed by atoms with Gasteiger partial charge in [-0.15, -0.1) is 5.10 Å². The van der Waals surface area contributed by atoms with E-state index in [1.807, 2.05) is 48.8 Å². The number of anilines is 1. The number of aromatic nitrogens is 4. The Hall–Kier alpha value is -4.18. The van der Waals surface area contributed by atoms with Crippen molar-refractivity contribution in [1.29, 1.82) is 0 Å². The predicted molar refractivity (Wildman–Crippen MR) is 129 cm³/mol. The van der Waals surface area contributed by atoms with Gasteiger partial charge in [0.05, 0.1) is 24.8 Å². The van der Waals surface area contributed by atoms with Crippen LogP contribution in [0.2, 0.25) is 0 Å². The van der Waals surface area contributed by atoms with Gasteiger partial charge in [-0.05, 0) is 67.7 Å². The van der Waals surface area contributed by atoms with E-state index in [-0.39, 0.29) is 12.5 Å². The molecule has 9 nitrogen and oxygen atoms in total. The van der Waals surface area contributed by atoms with E-state index in [2.05, 4.69) is 10.4 Å². The van der Waals surface area contributed by atoms with Gasteiger partial charge in [0.2, 0.25) is 10.7 Å². The van der Waals surface area contributed by atoms with Gasteiger partial charge in [-0.3, -0.25) is 9.47 Å². The van der Waals surface area contributed by atoms with Crippen molar-refractivity contribution < 1.29 is 19.1 Å². The normalized spacial score (nSPS) is 10.6. The Bertz CT molecular complexity index is 1360. The van der Waals surface area contributed by atoms with Gasteiger partial charge in [0, 0.05) is 18.1 Å². The molecule has 0 radical (unpaired) electrons. The topological polar surface area (TPSA) is 92.3 Å². The molecule has 0 spiro atoms. The summed E-state index contributed by atoms with van der Waals surface area (Å²) >= 11 is 5.66. The summed E-state index contributed by atoms with van der Waals surface area (Å²) in [5, 5.41) is 7.44. The first kappa shape index (κ1) is 23.0. The maximum absolute atomic E-state index is 12.8. The monoisotopic (exact) mass is 477 g/mol. The first-order valence-corrected chi connectivity index (χ1v) is 11.0. The zero-order valence-electron chi connectivity index (χ0n) is 18.7. The average Bonchev–Trinajstić information content (AvgIpc) is 3.48. The number of hydrogen-bond acceptors (Lipinski definition) is 6. The minimum atomic E-state index is -0.411. The molecule has 1 N–H and O–H groups in total. The number of ether oxygens (including phenoxy) is 2. The van der Waals surface area contributed by atoms with Crippen LogP contribution in [0.1, 0.15) is 17.3 Å². The largest absolute Gasteiger partial charge is 0.496 e. The molecule has 10 heteroatoms. The maximum atomic E-state index is 12.8. The number of esters is 1. The van der Waals surface area contributed by atoms with Crippen LogP contribution in [0, 0.1) is 4.77 Å². The van der Waals surface area contributed by atoms with Crippen LogP contribution in [-0.4, -0.2) is 44.7 Å². The number of amides is 1. The van der Waals surface area contributed by atoms with Crippen LogP contribution in [0.25, 0.3) is 11.4 Å². The van der Waals surface area contributed by atoms with Crippen molar-refractivity contribution in [2.75, 3.05) is 19.0 Å². The summed E-state index contributed by atoms with van der Waals surface area (Å²) < 4.78 is 15.8. The second-order valence-corrected chi connectivity index (χ2v) is 7.55. The molecule has 0 aliphatic rings. The minimum Gasteiger partial charge on any atom is -0.496 e. The van der Waals surface area contributed by atoms with E-state index >= 15 is 0 Å². The van der Waals surface area contributed by atoms with Gasteiger partial charge in [-0.2, -0.15) is 0 Å². The van der Waals surface area contributed by atoms with E-state index in [9.17, 15) is 9.59 Å². The molecular formula is C24H23N5O4S. The van der Waals surface area contributed by atoms with Crippen molar-refractivity contribution in [2.45, 2.75) is 13.5 Å². The Balaban J connectivity index is 1.61. The maximum Gasteiger partial charge on any atom is 0.338 e. The third-order valence-corrected chi connectivity index (χ3v) is 5.34. The molecule has 0 unspecified atom stereocenters. The van der Waals surface area contributed by atoms with Crippen LogP contribution in [0.5, 0.6) is 5.75 Å². The number of benzene rings is 2. The Labute approximate surface area is 201 Å². The van der Waals surface area contributed by atoms with Crippen LogP contribution < -0.4 is 10.1 Å².